The summed E-state index contributed by atoms with van der Waals surface area (Å²) in [4.78, 5) is -0.118. The molecule has 0 bridgehead atoms. The quantitative estimate of drug-likeness (QED) is 0.473. The number of phenolic OH excluding ortho intramolecular Hbond substituents is 2. The predicted molar refractivity (Wildman–Crippen MR) is 121 cm³/mol. The van der Waals surface area contributed by atoms with Crippen molar-refractivity contribution in [3.8, 4) is 22.6 Å². The Balaban J connectivity index is 2.25. The van der Waals surface area contributed by atoms with Gasteiger partial charge in [-0.25, -0.2) is 13.1 Å². The van der Waals surface area contributed by atoms with E-state index in [0.29, 0.717) is 17.5 Å². The molecule has 162 valence electrons. The zero-order valence-corrected chi connectivity index (χ0v) is 18.8. The van der Waals surface area contributed by atoms with Gasteiger partial charge in [-0.1, -0.05) is 55.7 Å². The van der Waals surface area contributed by atoms with E-state index in [0.717, 1.165) is 48.8 Å². The van der Waals surface area contributed by atoms with Gasteiger partial charge in [0.1, 0.15) is 16.4 Å². The second-order valence-corrected chi connectivity index (χ2v) is 9.94. The van der Waals surface area contributed by atoms with Crippen molar-refractivity contribution in [2.45, 2.75) is 70.2 Å². The van der Waals surface area contributed by atoms with Crippen LogP contribution in [0.25, 0.3) is 16.7 Å². The molecule has 0 saturated heterocycles. The SMILES string of the molecule is C=C(C)c1ccc(C)cc1-c1c(O)cc(CCCCC)c(S(=O)(=O)NC2CC2)c1O. The van der Waals surface area contributed by atoms with Gasteiger partial charge in [-0.05, 0) is 62.3 Å². The van der Waals surface area contributed by atoms with Gasteiger partial charge in [0.05, 0.1) is 5.56 Å². The van der Waals surface area contributed by atoms with Crippen LogP contribution in [0.5, 0.6) is 11.5 Å². The molecule has 2 aromatic carbocycles. The van der Waals surface area contributed by atoms with Crippen molar-refractivity contribution in [2.24, 2.45) is 0 Å². The second-order valence-electron chi connectivity index (χ2n) is 8.29. The van der Waals surface area contributed by atoms with Gasteiger partial charge in [-0.2, -0.15) is 0 Å². The zero-order chi connectivity index (χ0) is 22.1. The van der Waals surface area contributed by atoms with E-state index in [1.54, 1.807) is 0 Å². The third-order valence-electron chi connectivity index (χ3n) is 5.43. The minimum Gasteiger partial charge on any atom is -0.507 e. The number of rotatable bonds is 9. The molecule has 0 amide bonds. The van der Waals surface area contributed by atoms with E-state index in [1.807, 2.05) is 32.0 Å². The number of aryl methyl sites for hydroxylation is 2. The molecule has 5 nitrogen and oxygen atoms in total. The summed E-state index contributed by atoms with van der Waals surface area (Å²) in [6, 6.07) is 7.04. The van der Waals surface area contributed by atoms with Gasteiger partial charge in [0, 0.05) is 6.04 Å². The smallest absolute Gasteiger partial charge is 0.244 e. The van der Waals surface area contributed by atoms with Crippen molar-refractivity contribution < 1.29 is 18.6 Å². The van der Waals surface area contributed by atoms with Gasteiger partial charge in [-0.15, -0.1) is 0 Å². The minimum absolute atomic E-state index is 0.0832. The highest BCUT2D eigenvalue weighted by molar-refractivity contribution is 7.89. The van der Waals surface area contributed by atoms with Crippen LogP contribution in [0.4, 0.5) is 0 Å². The molecule has 0 atom stereocenters. The van der Waals surface area contributed by atoms with Crippen LogP contribution in [0.1, 0.15) is 62.6 Å². The molecule has 1 saturated carbocycles. The number of nitrogens with one attached hydrogen (secondary N) is 1. The van der Waals surface area contributed by atoms with Gasteiger partial charge in [0.2, 0.25) is 10.0 Å². The maximum Gasteiger partial charge on any atom is 0.244 e. The van der Waals surface area contributed by atoms with Crippen molar-refractivity contribution >= 4 is 15.6 Å². The highest BCUT2D eigenvalue weighted by atomic mass is 32.2. The Labute approximate surface area is 179 Å². The molecule has 1 aliphatic carbocycles. The first-order valence-corrected chi connectivity index (χ1v) is 12.0. The van der Waals surface area contributed by atoms with Crippen LogP contribution >= 0.6 is 0 Å². The largest absolute Gasteiger partial charge is 0.507 e. The fraction of sp³-hybridized carbons (Fsp3) is 0.417. The van der Waals surface area contributed by atoms with Crippen LogP contribution in [0.15, 0.2) is 35.7 Å². The van der Waals surface area contributed by atoms with Gasteiger partial charge in [-0.3, -0.25) is 0 Å². The van der Waals surface area contributed by atoms with Crippen LogP contribution in [-0.2, 0) is 16.4 Å². The zero-order valence-electron chi connectivity index (χ0n) is 18.0. The van der Waals surface area contributed by atoms with Crippen molar-refractivity contribution in [1.82, 2.24) is 4.72 Å². The summed E-state index contributed by atoms with van der Waals surface area (Å²) in [5.74, 6) is -0.528. The molecule has 1 fully saturated rings. The summed E-state index contributed by atoms with van der Waals surface area (Å²) in [5.41, 5.74) is 3.59. The maximum atomic E-state index is 13.2. The first-order chi connectivity index (χ1) is 14.2. The Morgan fingerprint density at radius 3 is 2.50 bits per heavy atom. The minimum atomic E-state index is -3.92. The highest BCUT2D eigenvalue weighted by Gasteiger charge is 2.33. The van der Waals surface area contributed by atoms with Crippen molar-refractivity contribution in [3.05, 3.63) is 47.5 Å². The van der Waals surface area contributed by atoms with Crippen LogP contribution in [0, 0.1) is 6.92 Å². The Hall–Kier alpha value is -2.31. The molecule has 3 N–H and O–H groups in total. The molecule has 0 spiro atoms. The molecule has 0 unspecified atom stereocenters. The number of phenols is 2. The standard InChI is InChI=1S/C24H31NO4S/c1-5-6-7-8-17-14-21(26)22(20-13-16(4)9-12-19(20)15(2)3)23(27)24(17)30(28,29)25-18-10-11-18/h9,12-14,18,25-27H,2,5-8,10-11H2,1,3-4H3. The Bertz CT molecular complexity index is 1070. The fourth-order valence-corrected chi connectivity index (χ4v) is 5.38. The highest BCUT2D eigenvalue weighted by Crippen LogP contribution is 2.46. The molecule has 0 aromatic heterocycles. The van der Waals surface area contributed by atoms with Crippen molar-refractivity contribution in [3.63, 3.8) is 0 Å². The Morgan fingerprint density at radius 1 is 1.20 bits per heavy atom. The summed E-state index contributed by atoms with van der Waals surface area (Å²) in [6.07, 6.45) is 4.78. The topological polar surface area (TPSA) is 86.6 Å². The lowest BCUT2D eigenvalue weighted by atomic mass is 9.91. The lowest BCUT2D eigenvalue weighted by Crippen LogP contribution is -2.27. The number of allylic oxidation sites excluding steroid dienone is 1. The number of unbranched alkanes of at least 4 members (excludes halogenated alkanes) is 2. The molecule has 0 aliphatic heterocycles. The average Bonchev–Trinajstić information content (AvgIpc) is 3.44. The molecular weight excluding hydrogens is 398 g/mol. The maximum absolute atomic E-state index is 13.2. The van der Waals surface area contributed by atoms with E-state index in [9.17, 15) is 18.6 Å². The molecular formula is C24H31NO4S. The monoisotopic (exact) mass is 429 g/mol. The third kappa shape index (κ3) is 4.71. The van der Waals surface area contributed by atoms with Gasteiger partial charge in [0.25, 0.3) is 0 Å². The summed E-state index contributed by atoms with van der Waals surface area (Å²) >= 11 is 0. The molecule has 3 rings (SSSR count). The van der Waals surface area contributed by atoms with Crippen LogP contribution in [-0.4, -0.2) is 24.7 Å². The van der Waals surface area contributed by atoms with Crippen molar-refractivity contribution in [2.75, 3.05) is 0 Å². The van der Waals surface area contributed by atoms with E-state index in [4.69, 9.17) is 0 Å². The van der Waals surface area contributed by atoms with Crippen LogP contribution in [0.2, 0.25) is 0 Å². The van der Waals surface area contributed by atoms with E-state index in [1.165, 1.54) is 6.07 Å². The first-order valence-electron chi connectivity index (χ1n) is 10.5. The Morgan fingerprint density at radius 2 is 1.90 bits per heavy atom. The number of benzene rings is 2. The molecule has 30 heavy (non-hydrogen) atoms. The number of hydrogen-bond acceptors (Lipinski definition) is 4. The van der Waals surface area contributed by atoms with Crippen molar-refractivity contribution in [1.29, 1.82) is 0 Å². The van der Waals surface area contributed by atoms with Gasteiger partial charge in [0.15, 0.2) is 0 Å². The van der Waals surface area contributed by atoms with E-state index in [2.05, 4.69) is 18.2 Å². The lowest BCUT2D eigenvalue weighted by Gasteiger charge is -2.19. The average molecular weight is 430 g/mol. The summed E-state index contributed by atoms with van der Waals surface area (Å²) in [6.45, 7) is 9.81. The first kappa shape index (κ1) is 22.4. The van der Waals surface area contributed by atoms with E-state index < -0.39 is 15.8 Å². The lowest BCUT2D eigenvalue weighted by molar-refractivity contribution is 0.439. The van der Waals surface area contributed by atoms with Crippen LogP contribution < -0.4 is 4.72 Å². The number of aromatic hydroxyl groups is 2. The molecule has 0 radical (unpaired) electrons. The second kappa shape index (κ2) is 8.82. The fourth-order valence-electron chi connectivity index (χ4n) is 3.72. The summed E-state index contributed by atoms with van der Waals surface area (Å²) < 4.78 is 29.0. The molecule has 0 heterocycles. The third-order valence-corrected chi connectivity index (χ3v) is 7.07. The molecule has 2 aromatic rings. The Kier molecular flexibility index (Phi) is 6.58. The van der Waals surface area contributed by atoms with Crippen LogP contribution in [0.3, 0.4) is 0 Å². The van der Waals surface area contributed by atoms with Gasteiger partial charge >= 0.3 is 0 Å². The number of sulfonamides is 1. The normalized spacial score (nSPS) is 14.1. The predicted octanol–water partition coefficient (Wildman–Crippen LogP) is 5.28. The molecule has 6 heteroatoms. The van der Waals surface area contributed by atoms with E-state index >= 15 is 0 Å². The molecule has 1 aliphatic rings. The van der Waals surface area contributed by atoms with Gasteiger partial charge < -0.3 is 10.2 Å². The summed E-state index contributed by atoms with van der Waals surface area (Å²) in [5, 5.41) is 22.1. The van der Waals surface area contributed by atoms with E-state index in [-0.39, 0.29) is 22.3 Å². The summed E-state index contributed by atoms with van der Waals surface area (Å²) in [7, 11) is -3.92. The number of hydrogen-bond donors (Lipinski definition) is 3.